The first-order chi connectivity index (χ1) is 8.22. The van der Waals surface area contributed by atoms with Crippen LogP contribution in [0.25, 0.3) is 0 Å². The van der Waals surface area contributed by atoms with Crippen LogP contribution in [0.15, 0.2) is 0 Å². The van der Waals surface area contributed by atoms with E-state index < -0.39 is 0 Å². The van der Waals surface area contributed by atoms with Crippen molar-refractivity contribution in [1.29, 1.82) is 0 Å². The van der Waals surface area contributed by atoms with E-state index in [2.05, 4.69) is 13.8 Å². The van der Waals surface area contributed by atoms with Crippen LogP contribution in [-0.2, 0) is 4.74 Å². The summed E-state index contributed by atoms with van der Waals surface area (Å²) in [5, 5.41) is 0. The lowest BCUT2D eigenvalue weighted by molar-refractivity contribution is 0.0983. The summed E-state index contributed by atoms with van der Waals surface area (Å²) in [6, 6.07) is 0. The fourth-order valence-corrected chi connectivity index (χ4v) is 3.54. The third kappa shape index (κ3) is 4.59. The minimum Gasteiger partial charge on any atom is -0.385 e. The van der Waals surface area contributed by atoms with E-state index in [0.29, 0.717) is 0 Å². The monoisotopic (exact) mass is 241 g/mol. The van der Waals surface area contributed by atoms with E-state index in [1.807, 2.05) is 0 Å². The highest BCUT2D eigenvalue weighted by atomic mass is 16.5. The van der Waals surface area contributed by atoms with E-state index in [-0.39, 0.29) is 0 Å². The van der Waals surface area contributed by atoms with Gasteiger partial charge in [-0.3, -0.25) is 0 Å². The molecule has 4 atom stereocenters. The van der Waals surface area contributed by atoms with Gasteiger partial charge in [0, 0.05) is 13.7 Å². The second-order valence-electron chi connectivity index (χ2n) is 5.89. The van der Waals surface area contributed by atoms with Gasteiger partial charge in [-0.05, 0) is 49.5 Å². The fraction of sp³-hybridized carbons (Fsp3) is 1.00. The fourth-order valence-electron chi connectivity index (χ4n) is 3.54. The van der Waals surface area contributed by atoms with Crippen LogP contribution in [-0.4, -0.2) is 20.3 Å². The highest BCUT2D eigenvalue weighted by molar-refractivity contribution is 4.83. The maximum atomic E-state index is 5.95. The normalized spacial score (nSPS) is 31.4. The summed E-state index contributed by atoms with van der Waals surface area (Å²) in [5.41, 5.74) is 5.95. The topological polar surface area (TPSA) is 35.2 Å². The summed E-state index contributed by atoms with van der Waals surface area (Å²) < 4.78 is 5.22. The zero-order valence-electron chi connectivity index (χ0n) is 12.0. The molecule has 0 aromatic heterocycles. The van der Waals surface area contributed by atoms with Crippen molar-refractivity contribution in [3.8, 4) is 0 Å². The van der Waals surface area contributed by atoms with Gasteiger partial charge in [0.25, 0.3) is 0 Å². The summed E-state index contributed by atoms with van der Waals surface area (Å²) in [7, 11) is 1.80. The molecule has 0 amide bonds. The molecule has 0 spiro atoms. The van der Waals surface area contributed by atoms with Crippen LogP contribution in [0.4, 0.5) is 0 Å². The first-order valence-corrected chi connectivity index (χ1v) is 7.41. The van der Waals surface area contributed by atoms with Crippen LogP contribution >= 0.6 is 0 Å². The Balaban J connectivity index is 2.49. The van der Waals surface area contributed by atoms with Crippen LogP contribution in [0.3, 0.4) is 0 Å². The van der Waals surface area contributed by atoms with Crippen molar-refractivity contribution in [2.24, 2.45) is 29.4 Å². The summed E-state index contributed by atoms with van der Waals surface area (Å²) >= 11 is 0. The van der Waals surface area contributed by atoms with E-state index in [1.54, 1.807) is 7.11 Å². The van der Waals surface area contributed by atoms with Crippen LogP contribution in [0.2, 0.25) is 0 Å². The predicted molar refractivity (Wildman–Crippen MR) is 73.9 cm³/mol. The van der Waals surface area contributed by atoms with Crippen molar-refractivity contribution >= 4 is 0 Å². The SMILES string of the molecule is CCCC1CCC(CN)C(C(C)CCOC)C1. The average Bonchev–Trinajstić information content (AvgIpc) is 2.36. The number of hydrogen-bond donors (Lipinski definition) is 1. The summed E-state index contributed by atoms with van der Waals surface area (Å²) in [6.45, 7) is 6.47. The lowest BCUT2D eigenvalue weighted by Crippen LogP contribution is -2.34. The molecule has 1 aliphatic rings. The van der Waals surface area contributed by atoms with Crippen molar-refractivity contribution in [2.75, 3.05) is 20.3 Å². The number of hydrogen-bond acceptors (Lipinski definition) is 2. The van der Waals surface area contributed by atoms with Crippen LogP contribution in [0.1, 0.15) is 52.4 Å². The minimum absolute atomic E-state index is 0.759. The van der Waals surface area contributed by atoms with E-state index in [9.17, 15) is 0 Å². The Morgan fingerprint density at radius 3 is 2.71 bits per heavy atom. The zero-order valence-corrected chi connectivity index (χ0v) is 12.0. The molecule has 0 radical (unpaired) electrons. The molecule has 2 N–H and O–H groups in total. The summed E-state index contributed by atoms with van der Waals surface area (Å²) in [5.74, 6) is 3.32. The predicted octanol–water partition coefficient (Wildman–Crippen LogP) is 3.45. The van der Waals surface area contributed by atoms with Crippen molar-refractivity contribution in [3.05, 3.63) is 0 Å². The molecule has 0 heterocycles. The molecule has 0 aromatic rings. The largest absolute Gasteiger partial charge is 0.385 e. The number of nitrogens with two attached hydrogens (primary N) is 1. The molecule has 0 aliphatic heterocycles. The average molecular weight is 241 g/mol. The lowest BCUT2D eigenvalue weighted by atomic mass is 9.67. The number of methoxy groups -OCH3 is 1. The Hall–Kier alpha value is -0.0800. The maximum Gasteiger partial charge on any atom is 0.0464 e. The molecule has 1 fully saturated rings. The molecule has 4 unspecified atom stereocenters. The highest BCUT2D eigenvalue weighted by Gasteiger charge is 2.32. The van der Waals surface area contributed by atoms with E-state index in [4.69, 9.17) is 10.5 Å². The third-order valence-electron chi connectivity index (χ3n) is 4.66. The van der Waals surface area contributed by atoms with E-state index in [0.717, 1.165) is 36.8 Å². The van der Waals surface area contributed by atoms with Crippen molar-refractivity contribution < 1.29 is 4.74 Å². The Morgan fingerprint density at radius 2 is 2.12 bits per heavy atom. The van der Waals surface area contributed by atoms with Gasteiger partial charge in [-0.15, -0.1) is 0 Å². The highest BCUT2D eigenvalue weighted by Crippen LogP contribution is 2.40. The first-order valence-electron chi connectivity index (χ1n) is 7.41. The molecule has 0 aromatic carbocycles. The molecule has 2 nitrogen and oxygen atoms in total. The molecule has 17 heavy (non-hydrogen) atoms. The molecule has 0 bridgehead atoms. The van der Waals surface area contributed by atoms with Gasteiger partial charge < -0.3 is 10.5 Å². The van der Waals surface area contributed by atoms with Crippen LogP contribution in [0.5, 0.6) is 0 Å². The lowest BCUT2D eigenvalue weighted by Gasteiger charge is -2.39. The molecular weight excluding hydrogens is 210 g/mol. The van der Waals surface area contributed by atoms with Gasteiger partial charge in [0.15, 0.2) is 0 Å². The van der Waals surface area contributed by atoms with Crippen LogP contribution in [0, 0.1) is 23.7 Å². The number of rotatable bonds is 7. The summed E-state index contributed by atoms with van der Waals surface area (Å²) in [6.07, 6.45) is 8.09. The van der Waals surface area contributed by atoms with Gasteiger partial charge in [-0.25, -0.2) is 0 Å². The van der Waals surface area contributed by atoms with Crippen molar-refractivity contribution in [2.45, 2.75) is 52.4 Å². The standard InChI is InChI=1S/C15H31NO/c1-4-5-13-6-7-14(11-16)15(10-13)12(2)8-9-17-3/h12-15H,4-11,16H2,1-3H3. The van der Waals surface area contributed by atoms with Gasteiger partial charge in [-0.1, -0.05) is 33.1 Å². The summed E-state index contributed by atoms with van der Waals surface area (Å²) in [4.78, 5) is 0. The van der Waals surface area contributed by atoms with Gasteiger partial charge >= 0.3 is 0 Å². The Morgan fingerprint density at radius 1 is 1.35 bits per heavy atom. The van der Waals surface area contributed by atoms with Gasteiger partial charge in [0.2, 0.25) is 0 Å². The molecular formula is C15H31NO. The Bertz CT molecular complexity index is 195. The first kappa shape index (κ1) is 15.0. The quantitative estimate of drug-likeness (QED) is 0.741. The van der Waals surface area contributed by atoms with Crippen molar-refractivity contribution in [1.82, 2.24) is 0 Å². The minimum atomic E-state index is 0.759. The Labute approximate surface area is 107 Å². The third-order valence-corrected chi connectivity index (χ3v) is 4.66. The van der Waals surface area contributed by atoms with Crippen molar-refractivity contribution in [3.63, 3.8) is 0 Å². The van der Waals surface area contributed by atoms with E-state index >= 15 is 0 Å². The van der Waals surface area contributed by atoms with Gasteiger partial charge in [-0.2, -0.15) is 0 Å². The molecule has 1 aliphatic carbocycles. The van der Waals surface area contributed by atoms with Crippen LogP contribution < -0.4 is 5.73 Å². The molecule has 2 heteroatoms. The van der Waals surface area contributed by atoms with Gasteiger partial charge in [0.1, 0.15) is 0 Å². The second-order valence-corrected chi connectivity index (χ2v) is 5.89. The molecule has 102 valence electrons. The maximum absolute atomic E-state index is 5.95. The molecule has 1 saturated carbocycles. The second kappa shape index (κ2) is 8.10. The molecule has 1 rings (SSSR count). The molecule has 0 saturated heterocycles. The van der Waals surface area contributed by atoms with Gasteiger partial charge in [0.05, 0.1) is 0 Å². The smallest absolute Gasteiger partial charge is 0.0464 e. The zero-order chi connectivity index (χ0) is 12.7. The number of ether oxygens (including phenoxy) is 1. The van der Waals surface area contributed by atoms with E-state index in [1.165, 1.54) is 38.5 Å². The Kier molecular flexibility index (Phi) is 7.14.